The molecule has 2 aromatic carbocycles. The van der Waals surface area contributed by atoms with Gasteiger partial charge in [-0.05, 0) is 41.0 Å². The van der Waals surface area contributed by atoms with Gasteiger partial charge in [-0.2, -0.15) is 0 Å². The van der Waals surface area contributed by atoms with Gasteiger partial charge in [0.05, 0.1) is 13.2 Å². The first-order valence-electron chi connectivity index (χ1n) is 8.56. The van der Waals surface area contributed by atoms with Crippen molar-refractivity contribution < 1.29 is 28.2 Å². The number of ketones is 1. The van der Waals surface area contributed by atoms with Gasteiger partial charge in [0, 0.05) is 6.42 Å². The summed E-state index contributed by atoms with van der Waals surface area (Å²) in [6.45, 7) is 0. The van der Waals surface area contributed by atoms with Gasteiger partial charge in [-0.1, -0.05) is 42.5 Å². The van der Waals surface area contributed by atoms with Crippen LogP contribution in [0.2, 0.25) is 0 Å². The van der Waals surface area contributed by atoms with Crippen LogP contribution in [0, 0.1) is 11.6 Å². The van der Waals surface area contributed by atoms with Crippen molar-refractivity contribution in [3.63, 3.8) is 0 Å². The van der Waals surface area contributed by atoms with E-state index in [2.05, 4.69) is 4.74 Å². The van der Waals surface area contributed by atoms with E-state index < -0.39 is 24.3 Å². The zero-order valence-electron chi connectivity index (χ0n) is 15.3. The van der Waals surface area contributed by atoms with Gasteiger partial charge in [0.2, 0.25) is 0 Å². The molecule has 0 saturated heterocycles. The smallest absolute Gasteiger partial charge is 0.313 e. The molecule has 1 N–H and O–H groups in total. The van der Waals surface area contributed by atoms with Gasteiger partial charge in [0.1, 0.15) is 23.8 Å². The lowest BCUT2D eigenvalue weighted by Crippen LogP contribution is -2.15. The first kappa shape index (κ1) is 21.2. The van der Waals surface area contributed by atoms with E-state index in [1.807, 2.05) is 0 Å². The van der Waals surface area contributed by atoms with Crippen molar-refractivity contribution in [2.45, 2.75) is 18.9 Å². The maximum atomic E-state index is 13.2. The Hall–Kier alpha value is -3.12. The monoisotopic (exact) mass is 386 g/mol. The van der Waals surface area contributed by atoms with Gasteiger partial charge in [-0.15, -0.1) is 0 Å². The molecule has 4 nitrogen and oxygen atoms in total. The molecule has 0 aliphatic carbocycles. The van der Waals surface area contributed by atoms with Crippen LogP contribution in [0.3, 0.4) is 0 Å². The highest BCUT2D eigenvalue weighted by Gasteiger charge is 2.13. The second-order valence-electron chi connectivity index (χ2n) is 6.04. The average molecular weight is 386 g/mol. The second-order valence-corrected chi connectivity index (χ2v) is 6.04. The zero-order chi connectivity index (χ0) is 20.5. The highest BCUT2D eigenvalue weighted by atomic mass is 19.1. The van der Waals surface area contributed by atoms with Crippen LogP contribution in [0.15, 0.2) is 66.8 Å². The molecule has 0 spiro atoms. The largest absolute Gasteiger partial charge is 0.469 e. The third-order valence-electron chi connectivity index (χ3n) is 3.91. The van der Waals surface area contributed by atoms with Crippen molar-refractivity contribution in [3.8, 4) is 0 Å². The molecule has 0 aliphatic rings. The topological polar surface area (TPSA) is 63.6 Å². The van der Waals surface area contributed by atoms with E-state index >= 15 is 0 Å². The molecule has 1 unspecified atom stereocenters. The van der Waals surface area contributed by atoms with Crippen molar-refractivity contribution >= 4 is 17.3 Å². The number of halogens is 2. The average Bonchev–Trinajstić information content (AvgIpc) is 2.67. The number of esters is 1. The Balaban J connectivity index is 2.18. The van der Waals surface area contributed by atoms with Crippen LogP contribution in [-0.2, 0) is 14.3 Å². The highest BCUT2D eigenvalue weighted by molar-refractivity contribution is 5.95. The minimum Gasteiger partial charge on any atom is -0.469 e. The summed E-state index contributed by atoms with van der Waals surface area (Å²) in [5.41, 5.74) is 2.09. The number of allylic oxidation sites excluding steroid dienone is 2. The summed E-state index contributed by atoms with van der Waals surface area (Å²) in [5.74, 6) is -1.85. The van der Waals surface area contributed by atoms with Crippen LogP contribution in [0.5, 0.6) is 0 Å². The molecule has 6 heteroatoms. The number of rotatable bonds is 8. The molecule has 28 heavy (non-hydrogen) atoms. The normalized spacial score (nSPS) is 11.9. The summed E-state index contributed by atoms with van der Waals surface area (Å²) < 4.78 is 30.8. The van der Waals surface area contributed by atoms with Crippen LogP contribution < -0.4 is 0 Å². The van der Waals surface area contributed by atoms with Crippen molar-refractivity contribution in [3.05, 3.63) is 89.5 Å². The van der Waals surface area contributed by atoms with E-state index in [0.29, 0.717) is 16.7 Å². The molecule has 1 atom stereocenters. The Morgan fingerprint density at radius 2 is 1.50 bits per heavy atom. The molecule has 146 valence electrons. The molecule has 0 aliphatic heterocycles. The third kappa shape index (κ3) is 6.55. The van der Waals surface area contributed by atoms with Gasteiger partial charge in [0.25, 0.3) is 0 Å². The van der Waals surface area contributed by atoms with E-state index in [1.54, 1.807) is 36.4 Å². The fourth-order valence-electron chi connectivity index (χ4n) is 2.50. The van der Waals surface area contributed by atoms with Crippen LogP contribution in [0.4, 0.5) is 8.78 Å². The fraction of sp³-hybridized carbons (Fsp3) is 0.182. The first-order chi connectivity index (χ1) is 13.4. The second kappa shape index (κ2) is 10.3. The number of aliphatic hydroxyl groups excluding tert-OH is 1. The Morgan fingerprint density at radius 3 is 1.96 bits per heavy atom. The number of Topliss-reactive ketones (excluding diaryl/α,β-unsaturated/α-hetero) is 1. The molecule has 0 amide bonds. The molecular weight excluding hydrogens is 366 g/mol. The van der Waals surface area contributed by atoms with Gasteiger partial charge < -0.3 is 9.84 Å². The standard InChI is InChI=1S/C22H20F2O4/c1-28-22(27)14-20(26)13-19(25)3-2-4-21(15-5-9-17(23)10-6-15)16-7-11-18(24)12-8-16/h2-12,19,25H,13-14H2,1H3/b3-2+. The van der Waals surface area contributed by atoms with Gasteiger partial charge >= 0.3 is 5.97 Å². The van der Waals surface area contributed by atoms with E-state index in [0.717, 1.165) is 0 Å². The maximum Gasteiger partial charge on any atom is 0.313 e. The van der Waals surface area contributed by atoms with Crippen molar-refractivity contribution in [2.75, 3.05) is 7.11 Å². The zero-order valence-corrected chi connectivity index (χ0v) is 15.3. The Kier molecular flexibility index (Phi) is 7.77. The Labute approximate surface area is 161 Å². The molecule has 2 rings (SSSR count). The number of aliphatic hydroxyl groups is 1. The summed E-state index contributed by atoms with van der Waals surface area (Å²) in [6, 6.07) is 11.6. The summed E-state index contributed by atoms with van der Waals surface area (Å²) >= 11 is 0. The number of hydrogen-bond acceptors (Lipinski definition) is 4. The predicted molar refractivity (Wildman–Crippen MR) is 101 cm³/mol. The number of ether oxygens (including phenoxy) is 1. The lowest BCUT2D eigenvalue weighted by molar-refractivity contribution is -0.143. The molecule has 0 aromatic heterocycles. The Bertz CT molecular complexity index is 821. The quantitative estimate of drug-likeness (QED) is 0.425. The van der Waals surface area contributed by atoms with E-state index in [4.69, 9.17) is 0 Å². The Morgan fingerprint density at radius 1 is 1.00 bits per heavy atom. The van der Waals surface area contributed by atoms with Crippen LogP contribution >= 0.6 is 0 Å². The van der Waals surface area contributed by atoms with E-state index in [9.17, 15) is 23.5 Å². The van der Waals surface area contributed by atoms with Crippen LogP contribution in [0.25, 0.3) is 5.57 Å². The van der Waals surface area contributed by atoms with E-state index in [-0.39, 0.29) is 18.1 Å². The number of carbonyl (C=O) groups is 2. The molecular formula is C22H20F2O4. The SMILES string of the molecule is COC(=O)CC(=O)CC(O)/C=C/C=C(c1ccc(F)cc1)c1ccc(F)cc1. The summed E-state index contributed by atoms with van der Waals surface area (Å²) in [5, 5.41) is 9.94. The fourth-order valence-corrected chi connectivity index (χ4v) is 2.50. The third-order valence-corrected chi connectivity index (χ3v) is 3.91. The highest BCUT2D eigenvalue weighted by Crippen LogP contribution is 2.24. The van der Waals surface area contributed by atoms with Crippen molar-refractivity contribution in [2.24, 2.45) is 0 Å². The van der Waals surface area contributed by atoms with Gasteiger partial charge in [-0.3, -0.25) is 9.59 Å². The summed E-state index contributed by atoms with van der Waals surface area (Å²) in [7, 11) is 1.18. The lowest BCUT2D eigenvalue weighted by atomic mass is 9.97. The molecule has 0 heterocycles. The molecule has 0 fully saturated rings. The van der Waals surface area contributed by atoms with Crippen LogP contribution in [0.1, 0.15) is 24.0 Å². The maximum absolute atomic E-state index is 13.2. The van der Waals surface area contributed by atoms with Crippen molar-refractivity contribution in [1.82, 2.24) is 0 Å². The molecule has 2 aromatic rings. The molecule has 0 saturated carbocycles. The molecule has 0 radical (unpaired) electrons. The van der Waals surface area contributed by atoms with Crippen LogP contribution in [-0.4, -0.2) is 30.1 Å². The first-order valence-corrected chi connectivity index (χ1v) is 8.56. The van der Waals surface area contributed by atoms with Gasteiger partial charge in [-0.25, -0.2) is 8.78 Å². The van der Waals surface area contributed by atoms with Gasteiger partial charge in [0.15, 0.2) is 0 Å². The number of carbonyl (C=O) groups excluding carboxylic acids is 2. The number of hydrogen-bond donors (Lipinski definition) is 1. The van der Waals surface area contributed by atoms with Crippen molar-refractivity contribution in [1.29, 1.82) is 0 Å². The summed E-state index contributed by atoms with van der Waals surface area (Å²) in [6.07, 6.45) is 2.95. The lowest BCUT2D eigenvalue weighted by Gasteiger charge is -2.08. The minimum absolute atomic E-state index is 0.220. The summed E-state index contributed by atoms with van der Waals surface area (Å²) in [4.78, 5) is 22.7. The minimum atomic E-state index is -1.07. The predicted octanol–water partition coefficient (Wildman–Crippen LogP) is 3.84. The number of methoxy groups -OCH3 is 1. The van der Waals surface area contributed by atoms with E-state index in [1.165, 1.54) is 37.5 Å². The molecule has 0 bridgehead atoms. The number of benzene rings is 2.